The van der Waals surface area contributed by atoms with E-state index in [1.165, 1.54) is 0 Å². The number of nitrogens with zero attached hydrogens (tertiary/aromatic N) is 1. The summed E-state index contributed by atoms with van der Waals surface area (Å²) in [6, 6.07) is 15.7. The van der Waals surface area contributed by atoms with Crippen LogP contribution in [0.1, 0.15) is 97.1 Å². The second-order valence-corrected chi connectivity index (χ2v) is 16.0. The molecule has 0 radical (unpaired) electrons. The van der Waals surface area contributed by atoms with Crippen LogP contribution in [-0.2, 0) is 36.8 Å². The Morgan fingerprint density at radius 2 is 1.15 bits per heavy atom. The molecular formula is C42H63N5O5. The van der Waals surface area contributed by atoms with E-state index >= 15 is 0 Å². The van der Waals surface area contributed by atoms with Crippen molar-refractivity contribution in [3.8, 4) is 0 Å². The molecule has 3 rings (SSSR count). The van der Waals surface area contributed by atoms with Gasteiger partial charge in [-0.25, -0.2) is 0 Å². The lowest BCUT2D eigenvalue weighted by atomic mass is 9.91. The van der Waals surface area contributed by atoms with E-state index < -0.39 is 47.3 Å². The fourth-order valence-electron chi connectivity index (χ4n) is 6.34. The van der Waals surface area contributed by atoms with Crippen LogP contribution in [0.2, 0.25) is 0 Å². The maximum Gasteiger partial charge on any atom is 0.243 e. The zero-order valence-electron chi connectivity index (χ0n) is 32.5. The van der Waals surface area contributed by atoms with E-state index in [-0.39, 0.29) is 29.9 Å². The molecule has 0 unspecified atom stereocenters. The highest BCUT2D eigenvalue weighted by atomic mass is 16.2. The van der Waals surface area contributed by atoms with E-state index in [0.29, 0.717) is 38.5 Å². The monoisotopic (exact) mass is 717 g/mol. The van der Waals surface area contributed by atoms with E-state index in [1.807, 2.05) is 109 Å². The molecule has 0 saturated heterocycles. The van der Waals surface area contributed by atoms with Crippen LogP contribution in [0, 0.1) is 17.3 Å². The van der Waals surface area contributed by atoms with Gasteiger partial charge >= 0.3 is 0 Å². The second-order valence-electron chi connectivity index (χ2n) is 16.0. The minimum atomic E-state index is -0.980. The van der Waals surface area contributed by atoms with Crippen LogP contribution in [0.4, 0.5) is 0 Å². The molecule has 0 spiro atoms. The third kappa shape index (κ3) is 14.9. The van der Waals surface area contributed by atoms with E-state index in [4.69, 9.17) is 0 Å². The number of aryl methyl sites for hydroxylation is 1. The highest BCUT2D eigenvalue weighted by Gasteiger charge is 2.48. The number of carbonyl (C=O) groups is 5. The lowest BCUT2D eigenvalue weighted by Crippen LogP contribution is -2.58. The first kappa shape index (κ1) is 42.4. The first-order valence-corrected chi connectivity index (χ1v) is 19.1. The third-order valence-electron chi connectivity index (χ3n) is 9.67. The van der Waals surface area contributed by atoms with E-state index in [0.717, 1.165) is 36.9 Å². The number of hydrogen-bond donors (Lipinski definition) is 4. The standard InChI is InChI=1S/C42H63N5O5/c1-29(2)26-34(38(49)42(5)23-24-42)44-41(52)36(28-32-18-12-9-13-19-32)46-40(51)35(27-30(3)4)45-39(50)33(22-21-31-16-10-8-11-17-31)43-37(48)20-14-15-25-47(6)7/h8-13,16-19,29-30,33-36H,14-15,20-28H2,1-7H3,(H,43,48)(H,44,52)(H,45,50)(H,46,51)/t33-,34-,35-,36-/m0/s1. The lowest BCUT2D eigenvalue weighted by Gasteiger charge is -2.28. The first-order chi connectivity index (χ1) is 24.7. The van der Waals surface area contributed by atoms with Gasteiger partial charge < -0.3 is 26.2 Å². The van der Waals surface area contributed by atoms with Gasteiger partial charge in [-0.1, -0.05) is 95.3 Å². The van der Waals surface area contributed by atoms with Crippen molar-refractivity contribution in [2.75, 3.05) is 20.6 Å². The maximum absolute atomic E-state index is 14.1. The number of rotatable bonds is 23. The summed E-state index contributed by atoms with van der Waals surface area (Å²) in [4.78, 5) is 70.5. The zero-order chi connectivity index (χ0) is 38.3. The Morgan fingerprint density at radius 3 is 1.71 bits per heavy atom. The summed E-state index contributed by atoms with van der Waals surface area (Å²) in [7, 11) is 3.98. The smallest absolute Gasteiger partial charge is 0.243 e. The molecule has 286 valence electrons. The van der Waals surface area contributed by atoms with Crippen molar-refractivity contribution in [3.05, 3.63) is 71.8 Å². The molecule has 2 aromatic rings. The largest absolute Gasteiger partial charge is 0.344 e. The molecule has 1 fully saturated rings. The summed E-state index contributed by atoms with van der Waals surface area (Å²) in [6.45, 7) is 10.8. The first-order valence-electron chi connectivity index (χ1n) is 19.1. The predicted octanol–water partition coefficient (Wildman–Crippen LogP) is 4.99. The normalized spacial score (nSPS) is 15.7. The minimum absolute atomic E-state index is 0.0329. The Hall–Kier alpha value is -4.05. The summed E-state index contributed by atoms with van der Waals surface area (Å²) >= 11 is 0. The van der Waals surface area contributed by atoms with Crippen molar-refractivity contribution < 1.29 is 24.0 Å². The summed E-state index contributed by atoms with van der Waals surface area (Å²) < 4.78 is 0. The van der Waals surface area contributed by atoms with Gasteiger partial charge in [-0.05, 0) is 95.0 Å². The van der Waals surface area contributed by atoms with E-state index in [1.54, 1.807) is 0 Å². The second kappa shape index (κ2) is 20.9. The van der Waals surface area contributed by atoms with Crippen LogP contribution in [0.25, 0.3) is 0 Å². The van der Waals surface area contributed by atoms with Gasteiger partial charge in [0.15, 0.2) is 5.78 Å². The summed E-state index contributed by atoms with van der Waals surface area (Å²) in [5, 5.41) is 11.8. The van der Waals surface area contributed by atoms with Gasteiger partial charge in [-0.2, -0.15) is 0 Å². The molecule has 52 heavy (non-hydrogen) atoms. The number of amides is 4. The Morgan fingerprint density at radius 1 is 0.654 bits per heavy atom. The number of unbranched alkanes of at least 4 members (excludes halogenated alkanes) is 1. The average Bonchev–Trinajstić information content (AvgIpc) is 3.85. The Kier molecular flexibility index (Phi) is 17.0. The molecule has 4 amide bonds. The van der Waals surface area contributed by atoms with Crippen LogP contribution in [0.5, 0.6) is 0 Å². The van der Waals surface area contributed by atoms with Crippen molar-refractivity contribution in [1.29, 1.82) is 0 Å². The summed E-state index contributed by atoms with van der Waals surface area (Å²) in [5.41, 5.74) is 1.47. The number of benzene rings is 2. The van der Waals surface area contributed by atoms with Crippen molar-refractivity contribution >= 4 is 29.4 Å². The SMILES string of the molecule is CC(C)C[C@H](NC(=O)[C@H](CCc1ccccc1)NC(=O)CCCCN(C)C)C(=O)N[C@@H](Cc1ccccc1)C(=O)N[C@@H](CC(C)C)C(=O)C1(C)CC1. The van der Waals surface area contributed by atoms with Crippen LogP contribution < -0.4 is 21.3 Å². The van der Waals surface area contributed by atoms with Crippen LogP contribution in [0.15, 0.2) is 60.7 Å². The topological polar surface area (TPSA) is 137 Å². The molecule has 0 aromatic heterocycles. The Balaban J connectivity index is 1.80. The number of Topliss-reactive ketones (excluding diaryl/α,β-unsaturated/α-hetero) is 1. The molecule has 10 heteroatoms. The van der Waals surface area contributed by atoms with Gasteiger partial charge in [-0.15, -0.1) is 0 Å². The summed E-state index contributed by atoms with van der Waals surface area (Å²) in [5.74, 6) is -1.32. The number of nitrogens with one attached hydrogen (secondary N) is 4. The zero-order valence-corrected chi connectivity index (χ0v) is 32.5. The molecule has 4 atom stereocenters. The fraction of sp³-hybridized carbons (Fsp3) is 0.595. The van der Waals surface area contributed by atoms with Gasteiger partial charge in [0.25, 0.3) is 0 Å². The molecule has 1 saturated carbocycles. The molecule has 0 bridgehead atoms. The Labute approximate surface area is 311 Å². The molecule has 1 aliphatic rings. The van der Waals surface area contributed by atoms with E-state index in [9.17, 15) is 24.0 Å². The summed E-state index contributed by atoms with van der Waals surface area (Å²) in [6.07, 6.45) is 5.44. The van der Waals surface area contributed by atoms with Crippen LogP contribution in [-0.4, -0.2) is 79.1 Å². The fourth-order valence-corrected chi connectivity index (χ4v) is 6.34. The quantitative estimate of drug-likeness (QED) is 0.120. The highest BCUT2D eigenvalue weighted by molar-refractivity contribution is 5.97. The van der Waals surface area contributed by atoms with Crippen molar-refractivity contribution in [1.82, 2.24) is 26.2 Å². The molecule has 4 N–H and O–H groups in total. The molecular weight excluding hydrogens is 654 g/mol. The number of ketones is 1. The van der Waals surface area contributed by atoms with Crippen LogP contribution in [0.3, 0.4) is 0 Å². The third-order valence-corrected chi connectivity index (χ3v) is 9.67. The molecule has 1 aliphatic carbocycles. The van der Waals surface area contributed by atoms with Gasteiger partial charge in [0.1, 0.15) is 18.1 Å². The highest BCUT2D eigenvalue weighted by Crippen LogP contribution is 2.47. The van der Waals surface area contributed by atoms with Gasteiger partial charge in [0.05, 0.1) is 6.04 Å². The van der Waals surface area contributed by atoms with Gasteiger partial charge in [0, 0.05) is 18.3 Å². The molecule has 0 heterocycles. The van der Waals surface area contributed by atoms with Crippen molar-refractivity contribution in [2.45, 2.75) is 123 Å². The maximum atomic E-state index is 14.1. The average molecular weight is 718 g/mol. The van der Waals surface area contributed by atoms with E-state index in [2.05, 4.69) is 26.2 Å². The van der Waals surface area contributed by atoms with Crippen molar-refractivity contribution in [2.24, 2.45) is 17.3 Å². The number of hydrogen-bond acceptors (Lipinski definition) is 6. The predicted molar refractivity (Wildman–Crippen MR) is 206 cm³/mol. The van der Waals surface area contributed by atoms with Gasteiger partial charge in [-0.3, -0.25) is 24.0 Å². The number of carbonyl (C=O) groups excluding carboxylic acids is 5. The Bertz CT molecular complexity index is 1440. The molecule has 2 aromatic carbocycles. The van der Waals surface area contributed by atoms with Gasteiger partial charge in [0.2, 0.25) is 23.6 Å². The molecule has 10 nitrogen and oxygen atoms in total. The molecule has 0 aliphatic heterocycles. The van der Waals surface area contributed by atoms with Crippen molar-refractivity contribution in [3.63, 3.8) is 0 Å². The minimum Gasteiger partial charge on any atom is -0.344 e. The lowest BCUT2D eigenvalue weighted by molar-refractivity contribution is -0.135. The van der Waals surface area contributed by atoms with Crippen LogP contribution >= 0.6 is 0 Å².